The molecule has 1 aliphatic carbocycles. The lowest BCUT2D eigenvalue weighted by Crippen LogP contribution is -2.57. The number of nitrogens with one attached hydrogen (secondary N) is 1. The molecule has 13 heteroatoms. The maximum Gasteiger partial charge on any atom is 0.407 e. The minimum atomic E-state index is -4.01. The highest BCUT2D eigenvalue weighted by molar-refractivity contribution is 7.87. The summed E-state index contributed by atoms with van der Waals surface area (Å²) in [6.45, 7) is 0.895. The van der Waals surface area contributed by atoms with Crippen molar-refractivity contribution < 1.29 is 32.6 Å². The van der Waals surface area contributed by atoms with Crippen LogP contribution in [0.5, 0.6) is 5.75 Å². The zero-order valence-electron chi connectivity index (χ0n) is 27.4. The van der Waals surface area contributed by atoms with E-state index in [1.54, 1.807) is 24.1 Å². The zero-order chi connectivity index (χ0) is 33.9. The minimum absolute atomic E-state index is 0.148. The Balaban J connectivity index is 1.38. The van der Waals surface area contributed by atoms with Crippen molar-refractivity contribution in [3.05, 3.63) is 58.7 Å². The van der Waals surface area contributed by atoms with E-state index < -0.39 is 22.2 Å². The molecule has 3 aromatic rings. The van der Waals surface area contributed by atoms with Crippen LogP contribution in [0.2, 0.25) is 0 Å². The minimum Gasteiger partial charge on any atom is -0.497 e. The summed E-state index contributed by atoms with van der Waals surface area (Å²) < 4.78 is 35.9. The molecule has 2 bridgehead atoms. The van der Waals surface area contributed by atoms with Crippen LogP contribution in [0.15, 0.2) is 42.0 Å². The number of carbonyl (C=O) groups is 3. The fourth-order valence-corrected chi connectivity index (χ4v) is 8.70. The molecule has 3 amide bonds. The molecule has 3 aliphatic heterocycles. The van der Waals surface area contributed by atoms with Crippen molar-refractivity contribution in [2.24, 2.45) is 0 Å². The number of carbonyl (C=O) groups excluding carboxylic acids is 2. The maximum absolute atomic E-state index is 14.4. The number of nitrogens with zero attached hydrogens (tertiary/aromatic N) is 4. The van der Waals surface area contributed by atoms with Gasteiger partial charge < -0.3 is 19.3 Å². The molecule has 1 aromatic heterocycles. The lowest BCUT2D eigenvalue weighted by molar-refractivity contribution is -0.130. The Bertz CT molecular complexity index is 1950. The molecule has 254 valence electrons. The molecule has 2 saturated heterocycles. The SMILES string of the molecule is COc1ccc2c(c1)C=C(C(=O)N1CC3CCC(C1)N3C(=O)O)Cn1c-2c(C2CCCCC2)c2ccc(C(=O)NS(=O)(=O)N(C)C)cc21. The van der Waals surface area contributed by atoms with Crippen molar-refractivity contribution in [3.63, 3.8) is 0 Å². The first-order valence-electron chi connectivity index (χ1n) is 16.6. The van der Waals surface area contributed by atoms with Crippen LogP contribution in [0.1, 0.15) is 72.3 Å². The molecular formula is C35H41N5O7S. The van der Waals surface area contributed by atoms with Crippen LogP contribution in [-0.2, 0) is 21.5 Å². The maximum atomic E-state index is 14.4. The van der Waals surface area contributed by atoms with Gasteiger partial charge in [-0.15, -0.1) is 0 Å². The Kier molecular flexibility index (Phi) is 8.23. The monoisotopic (exact) mass is 675 g/mol. The third-order valence-electron chi connectivity index (χ3n) is 10.5. The molecule has 4 heterocycles. The van der Waals surface area contributed by atoms with Gasteiger partial charge >= 0.3 is 16.3 Å². The highest BCUT2D eigenvalue weighted by Gasteiger charge is 2.44. The van der Waals surface area contributed by atoms with E-state index >= 15 is 0 Å². The lowest BCUT2D eigenvalue weighted by atomic mass is 9.81. The van der Waals surface area contributed by atoms with Gasteiger partial charge in [0.25, 0.3) is 11.8 Å². The number of ether oxygens (including phenoxy) is 1. The van der Waals surface area contributed by atoms with Gasteiger partial charge in [0.05, 0.1) is 31.4 Å². The second-order valence-corrected chi connectivity index (χ2v) is 15.4. The summed E-state index contributed by atoms with van der Waals surface area (Å²) in [5, 5.41) is 10.8. The van der Waals surface area contributed by atoms with E-state index in [4.69, 9.17) is 4.74 Å². The molecule has 12 nitrogen and oxygen atoms in total. The van der Waals surface area contributed by atoms with Crippen molar-refractivity contribution in [2.75, 3.05) is 34.3 Å². The number of hydrogen-bond donors (Lipinski definition) is 2. The molecule has 48 heavy (non-hydrogen) atoms. The van der Waals surface area contributed by atoms with Crippen molar-refractivity contribution in [2.45, 2.75) is 69.5 Å². The fraction of sp³-hybridized carbons (Fsp3) is 0.457. The van der Waals surface area contributed by atoms with Gasteiger partial charge in [0.2, 0.25) is 0 Å². The number of benzene rings is 2. The first kappa shape index (κ1) is 32.2. The van der Waals surface area contributed by atoms with Crippen molar-refractivity contribution in [1.82, 2.24) is 23.4 Å². The molecule has 7 rings (SSSR count). The van der Waals surface area contributed by atoms with Crippen molar-refractivity contribution in [3.8, 4) is 17.0 Å². The molecule has 4 aliphatic rings. The van der Waals surface area contributed by atoms with E-state index in [-0.39, 0.29) is 36.0 Å². The van der Waals surface area contributed by atoms with Gasteiger partial charge in [-0.3, -0.25) is 14.5 Å². The van der Waals surface area contributed by atoms with E-state index in [0.717, 1.165) is 70.6 Å². The van der Waals surface area contributed by atoms with Crippen LogP contribution >= 0.6 is 0 Å². The highest BCUT2D eigenvalue weighted by Crippen LogP contribution is 2.47. The number of carboxylic acid groups (broad SMARTS) is 1. The summed E-state index contributed by atoms with van der Waals surface area (Å²) >= 11 is 0. The predicted molar refractivity (Wildman–Crippen MR) is 181 cm³/mol. The van der Waals surface area contributed by atoms with Crippen LogP contribution in [0, 0.1) is 0 Å². The molecule has 0 spiro atoms. The average molecular weight is 676 g/mol. The number of aromatic nitrogens is 1. The highest BCUT2D eigenvalue weighted by atomic mass is 32.2. The number of piperazine rings is 1. The van der Waals surface area contributed by atoms with Crippen LogP contribution in [0.3, 0.4) is 0 Å². The Labute approximate surface area is 280 Å². The molecule has 0 radical (unpaired) electrons. The third kappa shape index (κ3) is 5.52. The predicted octanol–water partition coefficient (Wildman–Crippen LogP) is 4.65. The molecular weight excluding hydrogens is 634 g/mol. The average Bonchev–Trinajstić information content (AvgIpc) is 3.46. The number of amides is 3. The second kappa shape index (κ2) is 12.3. The zero-order valence-corrected chi connectivity index (χ0v) is 28.3. The van der Waals surface area contributed by atoms with Gasteiger partial charge in [0.1, 0.15) is 5.75 Å². The van der Waals surface area contributed by atoms with E-state index in [1.165, 1.54) is 31.0 Å². The Morgan fingerprint density at radius 2 is 1.67 bits per heavy atom. The van der Waals surface area contributed by atoms with E-state index in [0.29, 0.717) is 24.4 Å². The summed E-state index contributed by atoms with van der Waals surface area (Å²) in [7, 11) is 0.307. The van der Waals surface area contributed by atoms with E-state index in [2.05, 4.69) is 9.29 Å². The summed E-state index contributed by atoms with van der Waals surface area (Å²) in [6, 6.07) is 10.7. The van der Waals surface area contributed by atoms with Crippen LogP contribution in [-0.4, -0.2) is 96.5 Å². The van der Waals surface area contributed by atoms with Gasteiger partial charge in [0, 0.05) is 54.8 Å². The largest absolute Gasteiger partial charge is 0.497 e. The van der Waals surface area contributed by atoms with Gasteiger partial charge in [0.15, 0.2) is 0 Å². The first-order valence-corrected chi connectivity index (χ1v) is 18.0. The number of hydrogen-bond acceptors (Lipinski definition) is 6. The molecule has 2 atom stereocenters. The van der Waals surface area contributed by atoms with E-state index in [1.807, 2.05) is 30.3 Å². The van der Waals surface area contributed by atoms with Gasteiger partial charge in [-0.1, -0.05) is 25.3 Å². The molecule has 2 aromatic carbocycles. The number of methoxy groups -OCH3 is 1. The summed E-state index contributed by atoms with van der Waals surface area (Å²) in [6.07, 6.45) is 7.89. The topological polar surface area (TPSA) is 141 Å². The molecule has 2 unspecified atom stereocenters. The van der Waals surface area contributed by atoms with Crippen LogP contribution in [0.25, 0.3) is 28.2 Å². The lowest BCUT2D eigenvalue weighted by Gasteiger charge is -2.39. The Morgan fingerprint density at radius 3 is 2.31 bits per heavy atom. The standard InChI is InChI=1S/C35H41N5O7S/c1-37(2)48(45,46)36-33(41)22-9-13-29-30(17-22)39-18-24(34(42)38-19-25-10-11-26(20-38)40(25)35(43)44)15-23-16-27(47-3)12-14-28(23)32(39)31(29)21-7-5-4-6-8-21/h9,12-17,21,25-26H,4-8,10-11,18-20H2,1-3H3,(H,36,41)(H,43,44). The third-order valence-corrected chi connectivity index (χ3v) is 11.9. The molecule has 1 saturated carbocycles. The van der Waals surface area contributed by atoms with Crippen LogP contribution < -0.4 is 9.46 Å². The van der Waals surface area contributed by atoms with Gasteiger partial charge in [-0.05, 0) is 79.1 Å². The number of rotatable bonds is 6. The molecule has 3 fully saturated rings. The Hall–Kier alpha value is -4.36. The number of fused-ring (bicyclic) bond motifs is 7. The second-order valence-electron chi connectivity index (χ2n) is 13.5. The quantitative estimate of drug-likeness (QED) is 0.388. The van der Waals surface area contributed by atoms with Gasteiger partial charge in [-0.2, -0.15) is 12.7 Å². The summed E-state index contributed by atoms with van der Waals surface area (Å²) in [5.41, 5.74) is 5.45. The summed E-state index contributed by atoms with van der Waals surface area (Å²) in [4.78, 5) is 43.0. The smallest absolute Gasteiger partial charge is 0.407 e. The normalized spacial score (nSPS) is 21.0. The summed E-state index contributed by atoms with van der Waals surface area (Å²) in [5.74, 6) is 0.0521. The van der Waals surface area contributed by atoms with Gasteiger partial charge in [-0.25, -0.2) is 9.52 Å². The van der Waals surface area contributed by atoms with E-state index in [9.17, 15) is 27.9 Å². The van der Waals surface area contributed by atoms with Crippen molar-refractivity contribution in [1.29, 1.82) is 0 Å². The van der Waals surface area contributed by atoms with Crippen LogP contribution in [0.4, 0.5) is 4.79 Å². The first-order chi connectivity index (χ1) is 23.0. The Morgan fingerprint density at radius 1 is 0.958 bits per heavy atom. The molecule has 2 N–H and O–H groups in total. The fourth-order valence-electron chi connectivity index (χ4n) is 8.16. The van der Waals surface area contributed by atoms with Crippen molar-refractivity contribution >= 4 is 45.1 Å². The number of likely N-dealkylation sites (tertiary alicyclic amines) is 1.